The number of nitrogens with zero attached hydrogens (tertiary/aromatic N) is 4. The van der Waals surface area contributed by atoms with Gasteiger partial charge in [0.1, 0.15) is 17.9 Å². The van der Waals surface area contributed by atoms with E-state index in [2.05, 4.69) is 10.3 Å². The molecule has 0 bridgehead atoms. The molecule has 7 nitrogen and oxygen atoms in total. The fraction of sp³-hybridized carbons (Fsp3) is 0.308. The van der Waals surface area contributed by atoms with Crippen molar-refractivity contribution in [2.45, 2.75) is 43.9 Å². The molecule has 1 spiro atoms. The summed E-state index contributed by atoms with van der Waals surface area (Å²) in [6.45, 7) is -0.296. The number of aliphatic imine (C=N–C) groups is 1. The molecule has 1 aliphatic heterocycles. The molecule has 186 valence electrons. The van der Waals surface area contributed by atoms with Crippen LogP contribution in [0.1, 0.15) is 43.2 Å². The number of carbonyl (C=O) groups excluding carboxylic acids is 2. The van der Waals surface area contributed by atoms with Gasteiger partial charge in [0.15, 0.2) is 0 Å². The van der Waals surface area contributed by atoms with Crippen molar-refractivity contribution < 1.29 is 22.8 Å². The van der Waals surface area contributed by atoms with Gasteiger partial charge in [-0.3, -0.25) is 14.6 Å². The van der Waals surface area contributed by atoms with Crippen LogP contribution in [0.3, 0.4) is 0 Å². The van der Waals surface area contributed by atoms with E-state index >= 15 is 0 Å². The molecular weight excluding hydrogens is 471 g/mol. The molecule has 2 heterocycles. The molecular formula is C26H24F3N5O2. The Hall–Kier alpha value is -3.95. The maximum absolute atomic E-state index is 13.5. The molecule has 0 unspecified atom stereocenters. The lowest BCUT2D eigenvalue weighted by Crippen LogP contribution is -2.51. The van der Waals surface area contributed by atoms with Crippen LogP contribution in [0, 0.1) is 0 Å². The van der Waals surface area contributed by atoms with E-state index < -0.39 is 23.3 Å². The second kappa shape index (κ2) is 9.25. The summed E-state index contributed by atoms with van der Waals surface area (Å²) in [6, 6.07) is 11.8. The standard InChI is InChI=1S/C26H24F3N5O2/c27-26(28,29)19-5-4-6-20(15-19)31-22(35)16-34-24(36)23(32-25(34)11-2-1-3-12-25)18-7-9-21(10-8-18)33-14-13-30-17-33/h4-10,13-15,17H,1-3,11-12,16H2,(H,31,35). The fourth-order valence-corrected chi connectivity index (χ4v) is 4.86. The van der Waals surface area contributed by atoms with E-state index in [0.29, 0.717) is 24.1 Å². The third-order valence-corrected chi connectivity index (χ3v) is 6.64. The van der Waals surface area contributed by atoms with E-state index in [9.17, 15) is 22.8 Å². The average Bonchev–Trinajstić information content (AvgIpc) is 3.48. The van der Waals surface area contributed by atoms with Gasteiger partial charge < -0.3 is 14.8 Å². The highest BCUT2D eigenvalue weighted by molar-refractivity contribution is 6.47. The number of halogens is 3. The number of carbonyl (C=O) groups is 2. The molecule has 1 saturated carbocycles. The van der Waals surface area contributed by atoms with Gasteiger partial charge >= 0.3 is 6.18 Å². The van der Waals surface area contributed by atoms with E-state index in [1.165, 1.54) is 17.0 Å². The minimum atomic E-state index is -4.52. The molecule has 2 aromatic carbocycles. The van der Waals surface area contributed by atoms with Crippen LogP contribution < -0.4 is 5.32 Å². The van der Waals surface area contributed by atoms with Crippen molar-refractivity contribution in [2.75, 3.05) is 11.9 Å². The number of hydrogen-bond acceptors (Lipinski definition) is 4. The Kier molecular flexibility index (Phi) is 6.11. The molecule has 2 amide bonds. The predicted molar refractivity (Wildman–Crippen MR) is 128 cm³/mol. The van der Waals surface area contributed by atoms with Gasteiger partial charge in [0.2, 0.25) is 5.91 Å². The minimum Gasteiger partial charge on any atom is -0.325 e. The number of anilines is 1. The molecule has 1 aliphatic carbocycles. The third-order valence-electron chi connectivity index (χ3n) is 6.64. The molecule has 5 rings (SSSR count). The molecule has 1 fully saturated rings. The van der Waals surface area contributed by atoms with Crippen LogP contribution in [0.25, 0.3) is 5.69 Å². The van der Waals surface area contributed by atoms with E-state index in [1.54, 1.807) is 12.5 Å². The lowest BCUT2D eigenvalue weighted by atomic mass is 9.88. The Balaban J connectivity index is 1.37. The molecule has 10 heteroatoms. The van der Waals surface area contributed by atoms with E-state index in [0.717, 1.165) is 37.1 Å². The maximum Gasteiger partial charge on any atom is 0.416 e. The Morgan fingerprint density at radius 1 is 1.06 bits per heavy atom. The van der Waals surface area contributed by atoms with Crippen LogP contribution in [-0.4, -0.2) is 44.2 Å². The minimum absolute atomic E-state index is 0.0235. The molecule has 0 radical (unpaired) electrons. The summed E-state index contributed by atoms with van der Waals surface area (Å²) in [5, 5.41) is 2.51. The SMILES string of the molecule is O=C(CN1C(=O)C(c2ccc(-n3ccnc3)cc2)=NC12CCCCC2)Nc1cccc(C(F)(F)F)c1. The first-order chi connectivity index (χ1) is 17.2. The highest BCUT2D eigenvalue weighted by Gasteiger charge is 2.48. The summed E-state index contributed by atoms with van der Waals surface area (Å²) in [5.41, 5.74) is 0.169. The van der Waals surface area contributed by atoms with Crippen LogP contribution in [-0.2, 0) is 15.8 Å². The Labute approximate surface area is 205 Å². The van der Waals surface area contributed by atoms with Crippen molar-refractivity contribution >= 4 is 23.2 Å². The van der Waals surface area contributed by atoms with Gasteiger partial charge in [0, 0.05) is 29.3 Å². The third kappa shape index (κ3) is 4.62. The molecule has 36 heavy (non-hydrogen) atoms. The monoisotopic (exact) mass is 495 g/mol. The number of aromatic nitrogens is 2. The lowest BCUT2D eigenvalue weighted by Gasteiger charge is -2.38. The molecule has 2 aliphatic rings. The van der Waals surface area contributed by atoms with Crippen LogP contribution >= 0.6 is 0 Å². The Morgan fingerprint density at radius 3 is 2.47 bits per heavy atom. The van der Waals surface area contributed by atoms with Gasteiger partial charge in [-0.1, -0.05) is 24.6 Å². The summed E-state index contributed by atoms with van der Waals surface area (Å²) in [7, 11) is 0. The normalized spacial score (nSPS) is 17.4. The van der Waals surface area contributed by atoms with Crippen molar-refractivity contribution in [1.82, 2.24) is 14.5 Å². The number of benzene rings is 2. The van der Waals surface area contributed by atoms with Crippen molar-refractivity contribution in [3.63, 3.8) is 0 Å². The van der Waals surface area contributed by atoms with Gasteiger partial charge in [-0.2, -0.15) is 13.2 Å². The molecule has 1 aromatic heterocycles. The van der Waals surface area contributed by atoms with Crippen LogP contribution in [0.15, 0.2) is 72.2 Å². The predicted octanol–water partition coefficient (Wildman–Crippen LogP) is 4.82. The zero-order chi connectivity index (χ0) is 25.3. The number of nitrogens with one attached hydrogen (secondary N) is 1. The van der Waals surface area contributed by atoms with Crippen LogP contribution in [0.2, 0.25) is 0 Å². The quantitative estimate of drug-likeness (QED) is 0.551. The first kappa shape index (κ1) is 23.8. The topological polar surface area (TPSA) is 79.6 Å². The van der Waals surface area contributed by atoms with Gasteiger partial charge in [0.05, 0.1) is 11.9 Å². The second-order valence-corrected chi connectivity index (χ2v) is 9.04. The van der Waals surface area contributed by atoms with Crippen molar-refractivity contribution in [1.29, 1.82) is 0 Å². The first-order valence-electron chi connectivity index (χ1n) is 11.7. The smallest absolute Gasteiger partial charge is 0.325 e. The molecule has 1 N–H and O–H groups in total. The number of alkyl halides is 3. The summed E-state index contributed by atoms with van der Waals surface area (Å²) < 4.78 is 41.0. The zero-order valence-corrected chi connectivity index (χ0v) is 19.3. The average molecular weight is 496 g/mol. The lowest BCUT2D eigenvalue weighted by molar-refractivity contribution is -0.137. The van der Waals surface area contributed by atoms with Crippen molar-refractivity contribution in [3.05, 3.63) is 78.4 Å². The Morgan fingerprint density at radius 2 is 1.81 bits per heavy atom. The number of hydrogen-bond donors (Lipinski definition) is 1. The van der Waals surface area contributed by atoms with E-state index in [-0.39, 0.29) is 18.1 Å². The largest absolute Gasteiger partial charge is 0.416 e. The van der Waals surface area contributed by atoms with Crippen LogP contribution in [0.4, 0.5) is 18.9 Å². The second-order valence-electron chi connectivity index (χ2n) is 9.04. The maximum atomic E-state index is 13.5. The molecule has 0 atom stereocenters. The van der Waals surface area contributed by atoms with Gasteiger partial charge in [-0.05, 0) is 56.0 Å². The molecule has 3 aromatic rings. The molecule has 0 saturated heterocycles. The van der Waals surface area contributed by atoms with Gasteiger partial charge in [-0.25, -0.2) is 4.98 Å². The number of rotatable bonds is 5. The first-order valence-corrected chi connectivity index (χ1v) is 11.7. The Bertz CT molecular complexity index is 1290. The number of imidazole rings is 1. The van der Waals surface area contributed by atoms with Crippen molar-refractivity contribution in [2.24, 2.45) is 4.99 Å². The summed E-state index contributed by atoms with van der Waals surface area (Å²) in [5.74, 6) is -0.925. The van der Waals surface area contributed by atoms with Gasteiger partial charge in [0.25, 0.3) is 5.91 Å². The van der Waals surface area contributed by atoms with E-state index in [4.69, 9.17) is 4.99 Å². The van der Waals surface area contributed by atoms with Gasteiger partial charge in [-0.15, -0.1) is 0 Å². The highest BCUT2D eigenvalue weighted by atomic mass is 19.4. The summed E-state index contributed by atoms with van der Waals surface area (Å²) in [6.07, 6.45) is 4.67. The summed E-state index contributed by atoms with van der Waals surface area (Å²) >= 11 is 0. The number of amides is 2. The van der Waals surface area contributed by atoms with Crippen molar-refractivity contribution in [3.8, 4) is 5.69 Å². The van der Waals surface area contributed by atoms with E-state index in [1.807, 2.05) is 35.0 Å². The highest BCUT2D eigenvalue weighted by Crippen LogP contribution is 2.39. The zero-order valence-electron chi connectivity index (χ0n) is 19.3. The summed E-state index contributed by atoms with van der Waals surface area (Å²) in [4.78, 5) is 36.8. The van der Waals surface area contributed by atoms with Crippen LogP contribution in [0.5, 0.6) is 0 Å². The fourth-order valence-electron chi connectivity index (χ4n) is 4.86.